The number of fused-ring (bicyclic) bond motifs is 1. The highest BCUT2D eigenvalue weighted by atomic mass is 16.5. The van der Waals surface area contributed by atoms with Gasteiger partial charge in [-0.1, -0.05) is 12.1 Å². The van der Waals surface area contributed by atoms with E-state index in [1.54, 1.807) is 29.2 Å². The predicted octanol–water partition coefficient (Wildman–Crippen LogP) is 3.05. The van der Waals surface area contributed by atoms with Gasteiger partial charge >= 0.3 is 0 Å². The first kappa shape index (κ1) is 19.1. The van der Waals surface area contributed by atoms with Crippen molar-refractivity contribution in [2.45, 2.75) is 32.4 Å². The summed E-state index contributed by atoms with van der Waals surface area (Å²) in [7, 11) is 0. The summed E-state index contributed by atoms with van der Waals surface area (Å²) < 4.78 is 11.2. The number of carbonyl (C=O) groups excluding carboxylic acids is 1. The van der Waals surface area contributed by atoms with Crippen molar-refractivity contribution < 1.29 is 13.9 Å². The summed E-state index contributed by atoms with van der Waals surface area (Å²) in [6, 6.07) is 10.8. The van der Waals surface area contributed by atoms with Gasteiger partial charge < -0.3 is 19.0 Å². The van der Waals surface area contributed by atoms with Crippen LogP contribution in [0.15, 0.2) is 51.7 Å². The average molecular weight is 393 g/mol. The molecule has 3 aromatic rings. The van der Waals surface area contributed by atoms with Gasteiger partial charge in [-0.2, -0.15) is 0 Å². The minimum Gasteiger partial charge on any atom is -0.462 e. The van der Waals surface area contributed by atoms with Crippen molar-refractivity contribution in [3.63, 3.8) is 0 Å². The summed E-state index contributed by atoms with van der Waals surface area (Å²) in [5.41, 5.74) is 0.397. The number of aromatic nitrogens is 2. The van der Waals surface area contributed by atoms with Crippen molar-refractivity contribution in [2.24, 2.45) is 0 Å². The number of aryl methyl sites for hydroxylation is 1. The number of hydrogen-bond acceptors (Lipinski definition) is 5. The lowest BCUT2D eigenvalue weighted by molar-refractivity contribution is -0.128. The third-order valence-corrected chi connectivity index (χ3v) is 4.91. The lowest BCUT2D eigenvalue weighted by atomic mass is 10.2. The van der Waals surface area contributed by atoms with Crippen molar-refractivity contribution in [2.75, 3.05) is 13.2 Å². The molecule has 1 aliphatic rings. The van der Waals surface area contributed by atoms with E-state index in [2.05, 4.69) is 9.97 Å². The zero-order chi connectivity index (χ0) is 20.2. The first-order valence-electron chi connectivity index (χ1n) is 9.71. The van der Waals surface area contributed by atoms with Crippen LogP contribution in [0.3, 0.4) is 0 Å². The van der Waals surface area contributed by atoms with Crippen LogP contribution in [0.1, 0.15) is 30.2 Å². The number of hydrogen-bond donors (Lipinski definition) is 1. The number of H-pyrrole nitrogens is 1. The number of ether oxygens (including phenoxy) is 1. The number of nitrogens with one attached hydrogen (secondary N) is 1. The van der Waals surface area contributed by atoms with E-state index < -0.39 is 0 Å². The molecular weight excluding hydrogens is 370 g/mol. The van der Waals surface area contributed by atoms with Gasteiger partial charge in [0.25, 0.3) is 5.56 Å². The van der Waals surface area contributed by atoms with E-state index in [9.17, 15) is 9.59 Å². The zero-order valence-electron chi connectivity index (χ0n) is 16.3. The Kier molecular flexibility index (Phi) is 5.57. The fourth-order valence-corrected chi connectivity index (χ4v) is 3.46. The van der Waals surface area contributed by atoms with Crippen molar-refractivity contribution in [1.82, 2.24) is 14.9 Å². The third kappa shape index (κ3) is 4.63. The fourth-order valence-electron chi connectivity index (χ4n) is 3.46. The summed E-state index contributed by atoms with van der Waals surface area (Å²) >= 11 is 0. The monoisotopic (exact) mass is 393 g/mol. The first-order valence-corrected chi connectivity index (χ1v) is 9.71. The van der Waals surface area contributed by atoms with Crippen LogP contribution in [0.4, 0.5) is 0 Å². The van der Waals surface area contributed by atoms with Crippen LogP contribution in [0, 0.1) is 6.92 Å². The molecule has 1 aliphatic heterocycles. The Hall–Kier alpha value is -3.19. The molecule has 7 heteroatoms. The number of nitrogens with zero attached hydrogens (tertiary/aromatic N) is 2. The van der Waals surface area contributed by atoms with Crippen LogP contribution in [-0.2, 0) is 16.1 Å². The highest BCUT2D eigenvalue weighted by Gasteiger charge is 2.22. The number of rotatable bonds is 6. The van der Waals surface area contributed by atoms with Crippen molar-refractivity contribution in [3.05, 3.63) is 70.2 Å². The highest BCUT2D eigenvalue weighted by molar-refractivity contribution is 5.91. The number of amides is 1. The summed E-state index contributed by atoms with van der Waals surface area (Å²) in [5.74, 6) is 1.66. The molecule has 4 rings (SSSR count). The van der Waals surface area contributed by atoms with Crippen molar-refractivity contribution in [3.8, 4) is 0 Å². The fraction of sp³-hybridized carbons (Fsp3) is 0.318. The van der Waals surface area contributed by atoms with E-state index >= 15 is 0 Å². The molecule has 1 atom stereocenters. The SMILES string of the molecule is Cc1ccc(C=CC(=O)N(Cc2nc3ccccc3c(=O)[nH]2)CC2CCCO2)o1. The Bertz CT molecular complexity index is 1090. The molecule has 7 nitrogen and oxygen atoms in total. The van der Waals surface area contributed by atoms with E-state index in [1.807, 2.05) is 25.1 Å². The predicted molar refractivity (Wildman–Crippen MR) is 109 cm³/mol. The lowest BCUT2D eigenvalue weighted by Gasteiger charge is -2.24. The molecule has 1 amide bonds. The van der Waals surface area contributed by atoms with Gasteiger partial charge in [-0.05, 0) is 50.1 Å². The topological polar surface area (TPSA) is 88.4 Å². The second kappa shape index (κ2) is 8.45. The van der Waals surface area contributed by atoms with Crippen LogP contribution < -0.4 is 5.56 Å². The Morgan fingerprint density at radius 3 is 2.93 bits per heavy atom. The average Bonchev–Trinajstić information content (AvgIpc) is 3.37. The molecule has 1 saturated heterocycles. The van der Waals surface area contributed by atoms with Crippen LogP contribution in [-0.4, -0.2) is 40.0 Å². The van der Waals surface area contributed by atoms with Gasteiger partial charge in [-0.15, -0.1) is 0 Å². The zero-order valence-corrected chi connectivity index (χ0v) is 16.3. The number of para-hydroxylation sites is 1. The van der Waals surface area contributed by atoms with Gasteiger partial charge in [0.1, 0.15) is 17.3 Å². The first-order chi connectivity index (χ1) is 14.1. The van der Waals surface area contributed by atoms with Crippen LogP contribution in [0.25, 0.3) is 17.0 Å². The normalized spacial score (nSPS) is 16.7. The Morgan fingerprint density at radius 2 is 2.17 bits per heavy atom. The van der Waals surface area contributed by atoms with Crippen LogP contribution in [0.5, 0.6) is 0 Å². The van der Waals surface area contributed by atoms with Gasteiger partial charge in [0.15, 0.2) is 0 Å². The number of furan rings is 1. The minimum absolute atomic E-state index is 0.00890. The summed E-state index contributed by atoms with van der Waals surface area (Å²) in [6.45, 7) is 3.20. The summed E-state index contributed by atoms with van der Waals surface area (Å²) in [4.78, 5) is 34.2. The molecule has 1 fully saturated rings. The highest BCUT2D eigenvalue weighted by Crippen LogP contribution is 2.16. The number of carbonyl (C=O) groups is 1. The second-order valence-electron chi connectivity index (χ2n) is 7.17. The summed E-state index contributed by atoms with van der Waals surface area (Å²) in [5, 5.41) is 0.529. The van der Waals surface area contributed by atoms with Gasteiger partial charge in [0, 0.05) is 19.2 Å². The molecule has 0 saturated carbocycles. The summed E-state index contributed by atoms with van der Waals surface area (Å²) in [6.07, 6.45) is 5.01. The van der Waals surface area contributed by atoms with E-state index in [4.69, 9.17) is 9.15 Å². The molecule has 150 valence electrons. The Balaban J connectivity index is 1.57. The molecule has 0 bridgehead atoms. The largest absolute Gasteiger partial charge is 0.462 e. The number of aromatic amines is 1. The third-order valence-electron chi connectivity index (χ3n) is 4.91. The van der Waals surface area contributed by atoms with E-state index in [0.29, 0.717) is 35.6 Å². The molecule has 3 heterocycles. The smallest absolute Gasteiger partial charge is 0.258 e. The van der Waals surface area contributed by atoms with E-state index in [1.165, 1.54) is 6.08 Å². The quantitative estimate of drug-likeness (QED) is 0.650. The molecule has 0 radical (unpaired) electrons. The Labute approximate surface area is 168 Å². The van der Waals surface area contributed by atoms with Gasteiger partial charge in [-0.25, -0.2) is 4.98 Å². The maximum Gasteiger partial charge on any atom is 0.258 e. The minimum atomic E-state index is -0.211. The van der Waals surface area contributed by atoms with Gasteiger partial charge in [0.05, 0.1) is 23.6 Å². The maximum absolute atomic E-state index is 12.9. The molecule has 1 aromatic carbocycles. The molecule has 0 aliphatic carbocycles. The molecule has 0 spiro atoms. The lowest BCUT2D eigenvalue weighted by Crippen LogP contribution is -2.36. The van der Waals surface area contributed by atoms with E-state index in [0.717, 1.165) is 18.6 Å². The number of benzene rings is 1. The molecular formula is C22H23N3O4. The van der Waals surface area contributed by atoms with E-state index in [-0.39, 0.29) is 24.1 Å². The molecule has 1 N–H and O–H groups in total. The van der Waals surface area contributed by atoms with Crippen molar-refractivity contribution >= 4 is 22.9 Å². The second-order valence-corrected chi connectivity index (χ2v) is 7.17. The van der Waals surface area contributed by atoms with Gasteiger partial charge in [0.2, 0.25) is 5.91 Å². The Morgan fingerprint density at radius 1 is 1.31 bits per heavy atom. The van der Waals surface area contributed by atoms with Gasteiger partial charge in [-0.3, -0.25) is 9.59 Å². The molecule has 1 unspecified atom stereocenters. The standard InChI is InChI=1S/C22H23N3O4/c1-15-8-9-16(29-15)10-11-21(26)25(13-17-5-4-12-28-17)14-20-23-19-7-3-2-6-18(19)22(27)24-20/h2-3,6-11,17H,4-5,12-14H2,1H3,(H,23,24,27). The molecule has 29 heavy (non-hydrogen) atoms. The van der Waals surface area contributed by atoms with Crippen LogP contribution >= 0.6 is 0 Å². The molecule has 2 aromatic heterocycles. The maximum atomic E-state index is 12.9. The van der Waals surface area contributed by atoms with Crippen LogP contribution in [0.2, 0.25) is 0 Å². The van der Waals surface area contributed by atoms with Crippen molar-refractivity contribution in [1.29, 1.82) is 0 Å².